The molecule has 122 valence electrons. The smallest absolute Gasteiger partial charge is 0.356 e. The monoisotopic (exact) mass is 312 g/mol. The van der Waals surface area contributed by atoms with Gasteiger partial charge in [0.25, 0.3) is 0 Å². The van der Waals surface area contributed by atoms with E-state index in [1.165, 1.54) is 22.3 Å². The number of carbonyl (C=O) groups excluding carboxylic acids is 1. The predicted octanol–water partition coefficient (Wildman–Crippen LogP) is 3.99. The Balaban J connectivity index is 2.03. The van der Waals surface area contributed by atoms with Gasteiger partial charge in [-0.2, -0.15) is 0 Å². The summed E-state index contributed by atoms with van der Waals surface area (Å²) in [5.74, 6) is -0.297. The van der Waals surface area contributed by atoms with Crippen LogP contribution in [0.15, 0.2) is 24.7 Å². The molecule has 1 heterocycles. The molecule has 0 spiro atoms. The molecule has 0 amide bonds. The molecule has 3 rings (SSSR count). The fourth-order valence-corrected chi connectivity index (χ4v) is 3.57. The van der Waals surface area contributed by atoms with E-state index >= 15 is 0 Å². The number of rotatable bonds is 3. The number of aromatic nitrogens is 2. The second-order valence-electron chi connectivity index (χ2n) is 6.70. The summed E-state index contributed by atoms with van der Waals surface area (Å²) in [6, 6.07) is 4.65. The number of benzene rings is 1. The number of esters is 1. The first-order chi connectivity index (χ1) is 11.0. The number of fused-ring (bicyclic) bond motifs is 1. The van der Waals surface area contributed by atoms with Crippen molar-refractivity contribution < 1.29 is 9.53 Å². The summed E-state index contributed by atoms with van der Waals surface area (Å²) >= 11 is 0. The lowest BCUT2D eigenvalue weighted by molar-refractivity contribution is 0.0363. The van der Waals surface area contributed by atoms with Gasteiger partial charge in [-0.25, -0.2) is 9.78 Å². The summed E-state index contributed by atoms with van der Waals surface area (Å²) in [6.07, 6.45) is 6.50. The van der Waals surface area contributed by atoms with E-state index in [-0.39, 0.29) is 18.1 Å². The molecule has 1 aromatic carbocycles. The first-order valence-corrected chi connectivity index (χ1v) is 8.30. The summed E-state index contributed by atoms with van der Waals surface area (Å²) in [4.78, 5) is 16.5. The van der Waals surface area contributed by atoms with Gasteiger partial charge in [0.05, 0.1) is 24.7 Å². The highest BCUT2D eigenvalue weighted by molar-refractivity contribution is 5.87. The number of hydrogen-bond acceptors (Lipinski definition) is 3. The van der Waals surface area contributed by atoms with Crippen LogP contribution in [0.4, 0.5) is 0 Å². The Morgan fingerprint density at radius 2 is 2.13 bits per heavy atom. The van der Waals surface area contributed by atoms with Crippen LogP contribution in [0.1, 0.15) is 65.5 Å². The van der Waals surface area contributed by atoms with Gasteiger partial charge in [0.1, 0.15) is 5.69 Å². The number of carbonyl (C=O) groups is 1. The molecular weight excluding hydrogens is 288 g/mol. The molecule has 23 heavy (non-hydrogen) atoms. The van der Waals surface area contributed by atoms with Crippen LogP contribution in [0.2, 0.25) is 0 Å². The van der Waals surface area contributed by atoms with E-state index < -0.39 is 0 Å². The second-order valence-corrected chi connectivity index (χ2v) is 6.70. The number of imidazole rings is 1. The summed E-state index contributed by atoms with van der Waals surface area (Å²) in [7, 11) is 0. The first-order valence-electron chi connectivity index (χ1n) is 8.30. The average molecular weight is 312 g/mol. The quantitative estimate of drug-likeness (QED) is 0.805. The highest BCUT2D eigenvalue weighted by Crippen LogP contribution is 2.36. The zero-order valence-corrected chi connectivity index (χ0v) is 14.3. The fourth-order valence-electron chi connectivity index (χ4n) is 3.57. The van der Waals surface area contributed by atoms with E-state index in [0.717, 1.165) is 19.3 Å². The normalized spacial score (nSPS) is 17.2. The van der Waals surface area contributed by atoms with Crippen molar-refractivity contribution in [3.05, 3.63) is 52.6 Å². The van der Waals surface area contributed by atoms with Gasteiger partial charge in [-0.15, -0.1) is 0 Å². The largest absolute Gasteiger partial charge is 0.458 e. The SMILES string of the molecule is Cc1cc(C)c2c(c1)C(n1cncc1C(=O)OC(C)C)CCC2. The highest BCUT2D eigenvalue weighted by Gasteiger charge is 2.27. The van der Waals surface area contributed by atoms with Crippen LogP contribution in [0.5, 0.6) is 0 Å². The van der Waals surface area contributed by atoms with Crippen LogP contribution in [0, 0.1) is 13.8 Å². The minimum atomic E-state index is -0.297. The van der Waals surface area contributed by atoms with Gasteiger partial charge in [0, 0.05) is 0 Å². The fraction of sp³-hybridized carbons (Fsp3) is 0.474. The molecule has 0 radical (unpaired) electrons. The third-order valence-corrected chi connectivity index (χ3v) is 4.47. The molecule has 0 bridgehead atoms. The summed E-state index contributed by atoms with van der Waals surface area (Å²) in [5.41, 5.74) is 5.89. The Kier molecular flexibility index (Phi) is 4.24. The first kappa shape index (κ1) is 15.8. The third kappa shape index (κ3) is 3.03. The van der Waals surface area contributed by atoms with Crippen molar-refractivity contribution in [2.24, 2.45) is 0 Å². The Labute approximate surface area is 137 Å². The molecule has 0 aliphatic heterocycles. The van der Waals surface area contributed by atoms with Crippen molar-refractivity contribution in [3.8, 4) is 0 Å². The molecule has 1 atom stereocenters. The number of hydrogen-bond donors (Lipinski definition) is 0. The third-order valence-electron chi connectivity index (χ3n) is 4.47. The Morgan fingerprint density at radius 3 is 2.87 bits per heavy atom. The minimum absolute atomic E-state index is 0.131. The van der Waals surface area contributed by atoms with Crippen LogP contribution in [-0.2, 0) is 11.2 Å². The molecule has 2 aromatic rings. The van der Waals surface area contributed by atoms with Crippen LogP contribution in [0.25, 0.3) is 0 Å². The maximum Gasteiger partial charge on any atom is 0.356 e. The zero-order valence-electron chi connectivity index (χ0n) is 14.3. The van der Waals surface area contributed by atoms with Gasteiger partial charge < -0.3 is 9.30 Å². The standard InChI is InChI=1S/C19H24N2O2/c1-12(2)23-19(22)18-10-20-11-21(18)17-7-5-6-15-14(4)8-13(3)9-16(15)17/h8-12,17H,5-7H2,1-4H3. The molecule has 0 N–H and O–H groups in total. The molecule has 1 aliphatic rings. The average Bonchev–Trinajstić information content (AvgIpc) is 2.95. The van der Waals surface area contributed by atoms with Gasteiger partial charge in [0.15, 0.2) is 0 Å². The molecule has 1 aromatic heterocycles. The number of nitrogens with zero attached hydrogens (tertiary/aromatic N) is 2. The van der Waals surface area contributed by atoms with Gasteiger partial charge in [-0.3, -0.25) is 0 Å². The van der Waals surface area contributed by atoms with Crippen molar-refractivity contribution in [1.29, 1.82) is 0 Å². The Bertz CT molecular complexity index is 731. The van der Waals surface area contributed by atoms with Gasteiger partial charge in [-0.05, 0) is 63.6 Å². The van der Waals surface area contributed by atoms with E-state index in [0.29, 0.717) is 5.69 Å². The maximum absolute atomic E-state index is 12.3. The zero-order chi connectivity index (χ0) is 16.6. The van der Waals surface area contributed by atoms with E-state index in [1.807, 2.05) is 18.4 Å². The molecule has 1 aliphatic carbocycles. The highest BCUT2D eigenvalue weighted by atomic mass is 16.5. The van der Waals surface area contributed by atoms with Crippen molar-refractivity contribution in [1.82, 2.24) is 9.55 Å². The van der Waals surface area contributed by atoms with E-state index in [1.54, 1.807) is 12.5 Å². The van der Waals surface area contributed by atoms with Crippen molar-refractivity contribution >= 4 is 5.97 Å². The van der Waals surface area contributed by atoms with Crippen molar-refractivity contribution in [2.75, 3.05) is 0 Å². The molecule has 1 unspecified atom stereocenters. The molecular formula is C19H24N2O2. The van der Waals surface area contributed by atoms with E-state index in [2.05, 4.69) is 31.0 Å². The Morgan fingerprint density at radius 1 is 1.35 bits per heavy atom. The summed E-state index contributed by atoms with van der Waals surface area (Å²) in [5, 5.41) is 0. The lowest BCUT2D eigenvalue weighted by Crippen LogP contribution is -2.23. The molecule has 0 fully saturated rings. The summed E-state index contributed by atoms with van der Waals surface area (Å²) in [6.45, 7) is 8.03. The summed E-state index contributed by atoms with van der Waals surface area (Å²) < 4.78 is 7.35. The molecule has 0 saturated carbocycles. The lowest BCUT2D eigenvalue weighted by Gasteiger charge is -2.29. The van der Waals surface area contributed by atoms with Gasteiger partial charge in [-0.1, -0.05) is 17.7 Å². The van der Waals surface area contributed by atoms with Crippen molar-refractivity contribution in [3.63, 3.8) is 0 Å². The maximum atomic E-state index is 12.3. The van der Waals surface area contributed by atoms with Crippen LogP contribution in [0.3, 0.4) is 0 Å². The molecule has 4 heteroatoms. The van der Waals surface area contributed by atoms with Gasteiger partial charge in [0.2, 0.25) is 0 Å². The predicted molar refractivity (Wildman–Crippen MR) is 89.8 cm³/mol. The number of aryl methyl sites for hydroxylation is 2. The van der Waals surface area contributed by atoms with Crippen LogP contribution in [-0.4, -0.2) is 21.6 Å². The number of ether oxygens (including phenoxy) is 1. The van der Waals surface area contributed by atoms with E-state index in [4.69, 9.17) is 4.74 Å². The van der Waals surface area contributed by atoms with E-state index in [9.17, 15) is 4.79 Å². The van der Waals surface area contributed by atoms with Crippen LogP contribution >= 0.6 is 0 Å². The van der Waals surface area contributed by atoms with Crippen molar-refractivity contribution in [2.45, 2.75) is 59.1 Å². The second kappa shape index (κ2) is 6.19. The molecule has 4 nitrogen and oxygen atoms in total. The molecule has 0 saturated heterocycles. The lowest BCUT2D eigenvalue weighted by atomic mass is 9.84. The van der Waals surface area contributed by atoms with Gasteiger partial charge >= 0.3 is 5.97 Å². The Hall–Kier alpha value is -2.10. The van der Waals surface area contributed by atoms with Crippen LogP contribution < -0.4 is 0 Å². The topological polar surface area (TPSA) is 44.1 Å². The minimum Gasteiger partial charge on any atom is -0.458 e.